The van der Waals surface area contributed by atoms with Crippen molar-refractivity contribution in [1.82, 2.24) is 5.32 Å². The van der Waals surface area contributed by atoms with Crippen molar-refractivity contribution in [3.63, 3.8) is 0 Å². The summed E-state index contributed by atoms with van der Waals surface area (Å²) in [4.78, 5) is 0. The van der Waals surface area contributed by atoms with Crippen LogP contribution in [0.2, 0.25) is 0 Å². The summed E-state index contributed by atoms with van der Waals surface area (Å²) in [7, 11) is 0. The maximum Gasteiger partial charge on any atom is 0.0323 e. The van der Waals surface area contributed by atoms with Crippen molar-refractivity contribution in [2.24, 2.45) is 5.92 Å². The molecule has 2 fully saturated rings. The fourth-order valence-electron chi connectivity index (χ4n) is 3.71. The second-order valence-electron chi connectivity index (χ2n) is 6.15. The Bertz CT molecular complexity index is 436. The Kier molecular flexibility index (Phi) is 5.58. The molecule has 21 heavy (non-hydrogen) atoms. The van der Waals surface area contributed by atoms with E-state index >= 15 is 0 Å². The molecule has 116 valence electrons. The van der Waals surface area contributed by atoms with Crippen molar-refractivity contribution in [1.29, 1.82) is 0 Å². The monoisotopic (exact) mass is 321 g/mol. The molecule has 1 aromatic carbocycles. The molecule has 1 saturated heterocycles. The SMILES string of the molecule is CCNC(C1CC1c1ccccc1)C1SCCSC1CC. The second-order valence-corrected chi connectivity index (χ2v) is 8.79. The van der Waals surface area contributed by atoms with Gasteiger partial charge >= 0.3 is 0 Å². The summed E-state index contributed by atoms with van der Waals surface area (Å²) in [6.07, 6.45) is 2.69. The molecule has 0 amide bonds. The average molecular weight is 322 g/mol. The molecule has 5 atom stereocenters. The van der Waals surface area contributed by atoms with E-state index in [1.165, 1.54) is 24.3 Å². The minimum Gasteiger partial charge on any atom is -0.313 e. The summed E-state index contributed by atoms with van der Waals surface area (Å²) in [6, 6.07) is 11.8. The van der Waals surface area contributed by atoms with Crippen LogP contribution < -0.4 is 5.32 Å². The molecule has 0 bridgehead atoms. The predicted molar refractivity (Wildman–Crippen MR) is 97.5 cm³/mol. The molecule has 1 aliphatic heterocycles. The van der Waals surface area contributed by atoms with Gasteiger partial charge in [0.05, 0.1) is 0 Å². The fraction of sp³-hybridized carbons (Fsp3) is 0.667. The van der Waals surface area contributed by atoms with Crippen LogP contribution in [0.5, 0.6) is 0 Å². The van der Waals surface area contributed by atoms with Crippen LogP contribution in [0.25, 0.3) is 0 Å². The maximum atomic E-state index is 3.84. The van der Waals surface area contributed by atoms with Gasteiger partial charge in [-0.3, -0.25) is 0 Å². The van der Waals surface area contributed by atoms with Crippen molar-refractivity contribution >= 4 is 23.5 Å². The number of hydrogen-bond acceptors (Lipinski definition) is 3. The minimum atomic E-state index is 0.697. The molecular weight excluding hydrogens is 294 g/mol. The zero-order chi connectivity index (χ0) is 14.7. The van der Waals surface area contributed by atoms with Gasteiger partial charge in [-0.2, -0.15) is 23.5 Å². The standard InChI is InChI=1S/C18H27NS2/c1-3-16-18(21-11-10-20-16)17(19-4-2)15-12-14(15)13-8-6-5-7-9-13/h5-9,14-19H,3-4,10-12H2,1-2H3. The molecule has 3 rings (SSSR count). The molecule has 1 aliphatic carbocycles. The van der Waals surface area contributed by atoms with Gasteiger partial charge in [-0.15, -0.1) is 0 Å². The Morgan fingerprint density at radius 2 is 1.90 bits per heavy atom. The molecule has 0 radical (unpaired) electrons. The van der Waals surface area contributed by atoms with E-state index in [9.17, 15) is 0 Å². The molecule has 0 spiro atoms. The largest absolute Gasteiger partial charge is 0.313 e. The van der Waals surface area contributed by atoms with Crippen molar-refractivity contribution in [2.75, 3.05) is 18.1 Å². The number of benzene rings is 1. The predicted octanol–water partition coefficient (Wildman–Crippen LogP) is 4.40. The van der Waals surface area contributed by atoms with Crippen LogP contribution >= 0.6 is 23.5 Å². The number of rotatable bonds is 6. The first-order valence-corrected chi connectivity index (χ1v) is 10.5. The highest BCUT2D eigenvalue weighted by Gasteiger charge is 2.48. The van der Waals surface area contributed by atoms with Crippen LogP contribution in [-0.4, -0.2) is 34.6 Å². The third-order valence-electron chi connectivity index (χ3n) is 4.82. The van der Waals surface area contributed by atoms with Gasteiger partial charge in [-0.1, -0.05) is 44.2 Å². The molecular formula is C18H27NS2. The van der Waals surface area contributed by atoms with Gasteiger partial charge in [0.2, 0.25) is 0 Å². The summed E-state index contributed by atoms with van der Waals surface area (Å²) in [6.45, 7) is 5.72. The van der Waals surface area contributed by atoms with E-state index in [2.05, 4.69) is 73.0 Å². The quantitative estimate of drug-likeness (QED) is 0.834. The number of thioether (sulfide) groups is 2. The van der Waals surface area contributed by atoms with Crippen LogP contribution in [0.3, 0.4) is 0 Å². The lowest BCUT2D eigenvalue weighted by atomic mass is 10.00. The number of hydrogen-bond donors (Lipinski definition) is 1. The Hall–Kier alpha value is -0.120. The molecule has 1 heterocycles. The highest BCUT2D eigenvalue weighted by atomic mass is 32.2. The summed E-state index contributed by atoms with van der Waals surface area (Å²) in [5.74, 6) is 4.31. The Morgan fingerprint density at radius 1 is 1.14 bits per heavy atom. The van der Waals surface area contributed by atoms with Gasteiger partial charge in [0.15, 0.2) is 0 Å². The van der Waals surface area contributed by atoms with Crippen LogP contribution in [0.15, 0.2) is 30.3 Å². The first-order valence-electron chi connectivity index (χ1n) is 8.36. The summed E-state index contributed by atoms with van der Waals surface area (Å²) in [5.41, 5.74) is 1.55. The molecule has 5 unspecified atom stereocenters. The lowest BCUT2D eigenvalue weighted by Crippen LogP contribution is -2.46. The van der Waals surface area contributed by atoms with E-state index in [1.807, 2.05) is 0 Å². The smallest absolute Gasteiger partial charge is 0.0323 e. The summed E-state index contributed by atoms with van der Waals surface area (Å²) >= 11 is 4.43. The lowest BCUT2D eigenvalue weighted by molar-refractivity contribution is 0.440. The van der Waals surface area contributed by atoms with Gasteiger partial charge in [0.1, 0.15) is 0 Å². The van der Waals surface area contributed by atoms with Crippen LogP contribution in [-0.2, 0) is 0 Å². The minimum absolute atomic E-state index is 0.697. The first kappa shape index (κ1) is 15.8. The maximum absolute atomic E-state index is 3.84. The van der Waals surface area contributed by atoms with E-state index in [0.717, 1.165) is 28.9 Å². The van der Waals surface area contributed by atoms with E-state index in [4.69, 9.17) is 0 Å². The first-order chi connectivity index (χ1) is 10.3. The van der Waals surface area contributed by atoms with E-state index < -0.39 is 0 Å². The molecule has 2 aliphatic rings. The summed E-state index contributed by atoms with van der Waals surface area (Å²) in [5, 5.41) is 5.48. The number of nitrogens with one attached hydrogen (secondary N) is 1. The van der Waals surface area contributed by atoms with Crippen LogP contribution in [0.1, 0.15) is 38.2 Å². The topological polar surface area (TPSA) is 12.0 Å². The zero-order valence-corrected chi connectivity index (χ0v) is 14.8. The van der Waals surface area contributed by atoms with Crippen LogP contribution in [0, 0.1) is 5.92 Å². The van der Waals surface area contributed by atoms with Crippen LogP contribution in [0.4, 0.5) is 0 Å². The van der Waals surface area contributed by atoms with Crippen molar-refractivity contribution in [3.05, 3.63) is 35.9 Å². The van der Waals surface area contributed by atoms with Crippen molar-refractivity contribution in [2.45, 2.75) is 49.1 Å². The third-order valence-corrected chi connectivity index (χ3v) is 8.19. The Balaban J connectivity index is 1.70. The summed E-state index contributed by atoms with van der Waals surface area (Å²) < 4.78 is 0. The normalized spacial score (nSPS) is 33.6. The highest BCUT2D eigenvalue weighted by Crippen LogP contribution is 2.52. The molecule has 1 nitrogen and oxygen atoms in total. The zero-order valence-electron chi connectivity index (χ0n) is 13.1. The average Bonchev–Trinajstić information content (AvgIpc) is 3.34. The van der Waals surface area contributed by atoms with Crippen molar-refractivity contribution in [3.8, 4) is 0 Å². The van der Waals surface area contributed by atoms with Crippen molar-refractivity contribution < 1.29 is 0 Å². The molecule has 1 saturated carbocycles. The van der Waals surface area contributed by atoms with Gasteiger partial charge < -0.3 is 5.32 Å². The van der Waals surface area contributed by atoms with Gasteiger partial charge in [-0.25, -0.2) is 0 Å². The molecule has 0 aromatic heterocycles. The molecule has 1 aromatic rings. The second kappa shape index (κ2) is 7.43. The third kappa shape index (κ3) is 3.62. The fourth-order valence-corrected chi connectivity index (χ4v) is 7.04. The van der Waals surface area contributed by atoms with Gasteiger partial charge in [0, 0.05) is 28.0 Å². The highest BCUT2D eigenvalue weighted by molar-refractivity contribution is 8.07. The Labute approximate surface area is 138 Å². The lowest BCUT2D eigenvalue weighted by Gasteiger charge is -2.37. The Morgan fingerprint density at radius 3 is 2.62 bits per heavy atom. The van der Waals surface area contributed by atoms with E-state index in [0.29, 0.717) is 6.04 Å². The molecule has 3 heteroatoms. The van der Waals surface area contributed by atoms with Gasteiger partial charge in [-0.05, 0) is 36.8 Å². The van der Waals surface area contributed by atoms with Gasteiger partial charge in [0.25, 0.3) is 0 Å². The van der Waals surface area contributed by atoms with E-state index in [-0.39, 0.29) is 0 Å². The van der Waals surface area contributed by atoms with E-state index in [1.54, 1.807) is 5.56 Å². The molecule has 1 N–H and O–H groups in total.